The highest BCUT2D eigenvalue weighted by Crippen LogP contribution is 2.30. The molecule has 2 nitrogen and oxygen atoms in total. The van der Waals surface area contributed by atoms with Crippen LogP contribution < -0.4 is 4.74 Å². The van der Waals surface area contributed by atoms with Crippen molar-refractivity contribution < 1.29 is 23.0 Å². The summed E-state index contributed by atoms with van der Waals surface area (Å²) in [7, 11) is 0. The highest BCUT2D eigenvalue weighted by Gasteiger charge is 2.29. The van der Waals surface area contributed by atoms with E-state index >= 15 is 0 Å². The number of rotatable bonds is 3. The normalized spacial score (nSPS) is 11.4. The molecule has 1 N–H and O–H groups in total. The minimum absolute atomic E-state index is 0.0371. The van der Waals surface area contributed by atoms with E-state index in [9.17, 15) is 18.3 Å². The summed E-state index contributed by atoms with van der Waals surface area (Å²) in [6.07, 6.45) is -4.36. The maximum Gasteiger partial charge on any atom is 0.416 e. The fourth-order valence-corrected chi connectivity index (χ4v) is 1.75. The summed E-state index contributed by atoms with van der Waals surface area (Å²) in [6.45, 7) is 0.144. The van der Waals surface area contributed by atoms with Crippen LogP contribution in [0.5, 0.6) is 11.5 Å². The van der Waals surface area contributed by atoms with Gasteiger partial charge in [-0.1, -0.05) is 17.7 Å². The van der Waals surface area contributed by atoms with E-state index < -0.39 is 11.7 Å². The molecule has 0 radical (unpaired) electrons. The number of ether oxygens (including phenoxy) is 1. The van der Waals surface area contributed by atoms with E-state index in [1.165, 1.54) is 24.3 Å². The van der Waals surface area contributed by atoms with E-state index in [1.54, 1.807) is 6.07 Å². The molecule has 0 spiro atoms. The first-order valence-corrected chi connectivity index (χ1v) is 6.01. The molecule has 0 aliphatic carbocycles. The van der Waals surface area contributed by atoms with Gasteiger partial charge in [-0.05, 0) is 42.0 Å². The van der Waals surface area contributed by atoms with Crippen molar-refractivity contribution in [2.45, 2.75) is 12.8 Å². The molecule has 2 aromatic carbocycles. The summed E-state index contributed by atoms with van der Waals surface area (Å²) in [6, 6.07) is 8.99. The summed E-state index contributed by atoms with van der Waals surface area (Å²) >= 11 is 5.74. The summed E-state index contributed by atoms with van der Waals surface area (Å²) < 4.78 is 42.5. The zero-order chi connectivity index (χ0) is 14.8. The second-order valence-electron chi connectivity index (χ2n) is 4.10. The fraction of sp³-hybridized carbons (Fsp3) is 0.143. The van der Waals surface area contributed by atoms with Crippen LogP contribution in [0.1, 0.15) is 11.1 Å². The molecule has 0 aromatic heterocycles. The van der Waals surface area contributed by atoms with Gasteiger partial charge in [0.25, 0.3) is 0 Å². The Hall–Kier alpha value is -1.88. The van der Waals surface area contributed by atoms with Crippen molar-refractivity contribution in [3.8, 4) is 11.5 Å². The minimum Gasteiger partial charge on any atom is -0.506 e. The zero-order valence-corrected chi connectivity index (χ0v) is 10.9. The molecule has 2 rings (SSSR count). The van der Waals surface area contributed by atoms with Crippen molar-refractivity contribution in [3.05, 3.63) is 58.6 Å². The number of phenols is 1. The first-order valence-electron chi connectivity index (χ1n) is 5.64. The maximum absolute atomic E-state index is 12.4. The standard InChI is InChI=1S/C14H10ClF3O2/c15-12-7-9(1-6-13(12)19)8-20-11-4-2-10(3-5-11)14(16,17)18/h1-7,19H,8H2. The number of benzene rings is 2. The molecular formula is C14H10ClF3O2. The highest BCUT2D eigenvalue weighted by atomic mass is 35.5. The van der Waals surface area contributed by atoms with Crippen LogP contribution in [0.2, 0.25) is 5.02 Å². The van der Waals surface area contributed by atoms with Crippen LogP contribution in [0, 0.1) is 0 Å². The van der Waals surface area contributed by atoms with Gasteiger partial charge in [-0.15, -0.1) is 0 Å². The molecular weight excluding hydrogens is 293 g/mol. The van der Waals surface area contributed by atoms with Gasteiger partial charge in [0.15, 0.2) is 0 Å². The van der Waals surface area contributed by atoms with Crippen molar-refractivity contribution >= 4 is 11.6 Å². The molecule has 0 aliphatic rings. The number of aromatic hydroxyl groups is 1. The smallest absolute Gasteiger partial charge is 0.416 e. The Labute approximate surface area is 118 Å². The van der Waals surface area contributed by atoms with Gasteiger partial charge in [0, 0.05) is 0 Å². The Balaban J connectivity index is 2.02. The zero-order valence-electron chi connectivity index (χ0n) is 10.1. The molecule has 0 unspecified atom stereocenters. The molecule has 20 heavy (non-hydrogen) atoms. The Bertz CT molecular complexity index is 594. The second kappa shape index (κ2) is 5.63. The predicted octanol–water partition coefficient (Wildman–Crippen LogP) is 4.64. The molecule has 0 aliphatic heterocycles. The van der Waals surface area contributed by atoms with E-state index in [2.05, 4.69) is 0 Å². The molecule has 2 aromatic rings. The fourth-order valence-electron chi connectivity index (χ4n) is 1.55. The quantitative estimate of drug-likeness (QED) is 0.894. The van der Waals surface area contributed by atoms with E-state index in [1.807, 2.05) is 0 Å². The molecule has 0 atom stereocenters. The molecule has 0 amide bonds. The van der Waals surface area contributed by atoms with Crippen molar-refractivity contribution in [3.63, 3.8) is 0 Å². The number of phenolic OH excluding ortho intramolecular Hbond substituents is 1. The largest absolute Gasteiger partial charge is 0.506 e. The van der Waals surface area contributed by atoms with Gasteiger partial charge in [0.2, 0.25) is 0 Å². The molecule has 0 heterocycles. The number of hydrogen-bond donors (Lipinski definition) is 1. The Morgan fingerprint density at radius 2 is 1.70 bits per heavy atom. The van der Waals surface area contributed by atoms with Gasteiger partial charge in [-0.2, -0.15) is 13.2 Å². The van der Waals surface area contributed by atoms with Gasteiger partial charge >= 0.3 is 6.18 Å². The van der Waals surface area contributed by atoms with Crippen molar-refractivity contribution in [1.29, 1.82) is 0 Å². The predicted molar refractivity (Wildman–Crippen MR) is 68.9 cm³/mol. The first kappa shape index (κ1) is 14.5. The monoisotopic (exact) mass is 302 g/mol. The lowest BCUT2D eigenvalue weighted by Crippen LogP contribution is -2.04. The maximum atomic E-state index is 12.4. The topological polar surface area (TPSA) is 29.5 Å². The minimum atomic E-state index is -4.36. The van der Waals surface area contributed by atoms with Crippen LogP contribution in [0.25, 0.3) is 0 Å². The highest BCUT2D eigenvalue weighted by molar-refractivity contribution is 6.32. The Kier molecular flexibility index (Phi) is 4.09. The van der Waals surface area contributed by atoms with Crippen LogP contribution in [0.15, 0.2) is 42.5 Å². The third-order valence-corrected chi connectivity index (χ3v) is 2.90. The van der Waals surface area contributed by atoms with Crippen LogP contribution in [0.3, 0.4) is 0 Å². The van der Waals surface area contributed by atoms with E-state index in [-0.39, 0.29) is 17.4 Å². The van der Waals surface area contributed by atoms with Crippen molar-refractivity contribution in [1.82, 2.24) is 0 Å². The molecule has 0 fully saturated rings. The molecule has 106 valence electrons. The molecule has 0 saturated heterocycles. The van der Waals surface area contributed by atoms with E-state index in [0.29, 0.717) is 11.3 Å². The third kappa shape index (κ3) is 3.57. The lowest BCUT2D eigenvalue weighted by Gasteiger charge is -2.09. The summed E-state index contributed by atoms with van der Waals surface area (Å²) in [4.78, 5) is 0. The molecule has 0 saturated carbocycles. The van der Waals surface area contributed by atoms with Gasteiger partial charge in [0.1, 0.15) is 18.1 Å². The Morgan fingerprint density at radius 1 is 1.05 bits per heavy atom. The van der Waals surface area contributed by atoms with Crippen molar-refractivity contribution in [2.24, 2.45) is 0 Å². The van der Waals surface area contributed by atoms with Crippen LogP contribution in [0.4, 0.5) is 13.2 Å². The van der Waals surface area contributed by atoms with Crippen molar-refractivity contribution in [2.75, 3.05) is 0 Å². The van der Waals surface area contributed by atoms with Gasteiger partial charge in [0.05, 0.1) is 10.6 Å². The average molecular weight is 303 g/mol. The van der Waals surface area contributed by atoms with Crippen LogP contribution in [-0.4, -0.2) is 5.11 Å². The van der Waals surface area contributed by atoms with Crippen LogP contribution >= 0.6 is 11.6 Å². The molecule has 6 heteroatoms. The Morgan fingerprint density at radius 3 is 2.25 bits per heavy atom. The summed E-state index contributed by atoms with van der Waals surface area (Å²) in [5, 5.41) is 9.45. The summed E-state index contributed by atoms with van der Waals surface area (Å²) in [5.41, 5.74) is -0.0229. The first-order chi connectivity index (χ1) is 9.36. The van der Waals surface area contributed by atoms with E-state index in [4.69, 9.17) is 16.3 Å². The second-order valence-corrected chi connectivity index (χ2v) is 4.50. The number of alkyl halides is 3. The molecule has 0 bridgehead atoms. The van der Waals surface area contributed by atoms with Gasteiger partial charge in [-0.3, -0.25) is 0 Å². The number of hydrogen-bond acceptors (Lipinski definition) is 2. The SMILES string of the molecule is Oc1ccc(COc2ccc(C(F)(F)F)cc2)cc1Cl. The van der Waals surface area contributed by atoms with E-state index in [0.717, 1.165) is 12.1 Å². The number of halogens is 4. The van der Waals surface area contributed by atoms with Crippen LogP contribution in [-0.2, 0) is 12.8 Å². The average Bonchev–Trinajstić information content (AvgIpc) is 2.40. The van der Waals surface area contributed by atoms with Gasteiger partial charge < -0.3 is 9.84 Å². The van der Waals surface area contributed by atoms with Gasteiger partial charge in [-0.25, -0.2) is 0 Å². The lowest BCUT2D eigenvalue weighted by molar-refractivity contribution is -0.137. The third-order valence-electron chi connectivity index (χ3n) is 2.60. The lowest BCUT2D eigenvalue weighted by atomic mass is 10.2. The summed E-state index contributed by atoms with van der Waals surface area (Å²) in [5.74, 6) is 0.284.